The molecule has 1 aromatic carbocycles. The van der Waals surface area contributed by atoms with Crippen LogP contribution in [0, 0.1) is 0 Å². The van der Waals surface area contributed by atoms with Gasteiger partial charge in [-0.05, 0) is 38.0 Å². The predicted octanol–water partition coefficient (Wildman–Crippen LogP) is 2.45. The van der Waals surface area contributed by atoms with Gasteiger partial charge in [-0.1, -0.05) is 0 Å². The van der Waals surface area contributed by atoms with Crippen LogP contribution >= 0.6 is 0 Å². The Morgan fingerprint density at radius 2 is 2.22 bits per heavy atom. The quantitative estimate of drug-likeness (QED) is 0.753. The van der Waals surface area contributed by atoms with Gasteiger partial charge in [0.15, 0.2) is 11.5 Å². The molecule has 98 valence electrons. The molecule has 0 bridgehead atoms. The molecule has 0 spiro atoms. The van der Waals surface area contributed by atoms with E-state index in [0.29, 0.717) is 29.8 Å². The summed E-state index contributed by atoms with van der Waals surface area (Å²) in [7, 11) is 1.58. The van der Waals surface area contributed by atoms with E-state index in [1.54, 1.807) is 25.3 Å². The maximum Gasteiger partial charge on any atom is 0.162 e. The molecular weight excluding hydrogens is 232 g/mol. The van der Waals surface area contributed by atoms with E-state index in [2.05, 4.69) is 6.92 Å². The molecule has 0 radical (unpaired) electrons. The minimum atomic E-state index is 0.129. The smallest absolute Gasteiger partial charge is 0.162 e. The zero-order valence-corrected chi connectivity index (χ0v) is 10.7. The number of carbonyl (C=O) groups excluding carboxylic acids is 1. The highest BCUT2D eigenvalue weighted by molar-refractivity contribution is 5.76. The lowest BCUT2D eigenvalue weighted by atomic mass is 10.2. The fourth-order valence-corrected chi connectivity index (χ4v) is 2.07. The molecule has 2 rings (SSSR count). The van der Waals surface area contributed by atoms with Crippen molar-refractivity contribution in [1.82, 2.24) is 0 Å². The topological polar surface area (TPSA) is 44.8 Å². The van der Waals surface area contributed by atoms with E-state index in [-0.39, 0.29) is 6.10 Å². The molecule has 2 unspecified atom stereocenters. The minimum Gasteiger partial charge on any atom is -0.493 e. The first-order chi connectivity index (χ1) is 8.72. The van der Waals surface area contributed by atoms with Crippen molar-refractivity contribution in [3.63, 3.8) is 0 Å². The fourth-order valence-electron chi connectivity index (χ4n) is 2.07. The SMILES string of the molecule is COc1ccc(C=O)cc1OCC1CCC(C)O1. The van der Waals surface area contributed by atoms with Crippen molar-refractivity contribution in [1.29, 1.82) is 0 Å². The zero-order valence-electron chi connectivity index (χ0n) is 10.7. The van der Waals surface area contributed by atoms with Crippen molar-refractivity contribution in [3.8, 4) is 11.5 Å². The zero-order chi connectivity index (χ0) is 13.0. The summed E-state index contributed by atoms with van der Waals surface area (Å²) in [4.78, 5) is 10.7. The number of ether oxygens (including phenoxy) is 3. The van der Waals surface area contributed by atoms with Crippen molar-refractivity contribution in [2.45, 2.75) is 32.0 Å². The molecule has 18 heavy (non-hydrogen) atoms. The van der Waals surface area contributed by atoms with Crippen molar-refractivity contribution in [2.75, 3.05) is 13.7 Å². The Kier molecular flexibility index (Phi) is 4.20. The van der Waals surface area contributed by atoms with E-state index in [4.69, 9.17) is 14.2 Å². The number of rotatable bonds is 5. The van der Waals surface area contributed by atoms with Gasteiger partial charge in [-0.2, -0.15) is 0 Å². The molecule has 0 aromatic heterocycles. The van der Waals surface area contributed by atoms with E-state index in [1.807, 2.05) is 0 Å². The van der Waals surface area contributed by atoms with Crippen LogP contribution in [0.3, 0.4) is 0 Å². The first-order valence-electron chi connectivity index (χ1n) is 6.14. The Morgan fingerprint density at radius 1 is 1.39 bits per heavy atom. The van der Waals surface area contributed by atoms with Gasteiger partial charge >= 0.3 is 0 Å². The molecule has 4 heteroatoms. The van der Waals surface area contributed by atoms with Crippen molar-refractivity contribution < 1.29 is 19.0 Å². The first kappa shape index (κ1) is 12.9. The summed E-state index contributed by atoms with van der Waals surface area (Å²) in [6.07, 6.45) is 3.31. The molecule has 1 aliphatic heterocycles. The van der Waals surface area contributed by atoms with Crippen LogP contribution in [0.5, 0.6) is 11.5 Å². The molecule has 2 atom stereocenters. The van der Waals surface area contributed by atoms with Gasteiger partial charge < -0.3 is 14.2 Å². The average molecular weight is 250 g/mol. The Bertz CT molecular complexity index is 416. The van der Waals surface area contributed by atoms with E-state index in [9.17, 15) is 4.79 Å². The van der Waals surface area contributed by atoms with Gasteiger partial charge in [0.2, 0.25) is 0 Å². The second-order valence-corrected chi connectivity index (χ2v) is 4.49. The van der Waals surface area contributed by atoms with Crippen LogP contribution in [0.15, 0.2) is 18.2 Å². The highest BCUT2D eigenvalue weighted by Crippen LogP contribution is 2.29. The molecule has 1 aliphatic rings. The molecule has 0 saturated carbocycles. The van der Waals surface area contributed by atoms with Crippen LogP contribution < -0.4 is 9.47 Å². The fraction of sp³-hybridized carbons (Fsp3) is 0.500. The van der Waals surface area contributed by atoms with Gasteiger partial charge in [-0.25, -0.2) is 0 Å². The van der Waals surface area contributed by atoms with Gasteiger partial charge in [0.25, 0.3) is 0 Å². The van der Waals surface area contributed by atoms with Crippen LogP contribution in [0.4, 0.5) is 0 Å². The summed E-state index contributed by atoms with van der Waals surface area (Å²) < 4.78 is 16.6. The molecule has 1 heterocycles. The number of hydrogen-bond acceptors (Lipinski definition) is 4. The van der Waals surface area contributed by atoms with Crippen molar-refractivity contribution in [3.05, 3.63) is 23.8 Å². The van der Waals surface area contributed by atoms with Gasteiger partial charge in [-0.3, -0.25) is 4.79 Å². The van der Waals surface area contributed by atoms with E-state index in [0.717, 1.165) is 19.1 Å². The highest BCUT2D eigenvalue weighted by Gasteiger charge is 2.22. The van der Waals surface area contributed by atoms with Crippen molar-refractivity contribution >= 4 is 6.29 Å². The van der Waals surface area contributed by atoms with E-state index >= 15 is 0 Å². The van der Waals surface area contributed by atoms with Gasteiger partial charge in [-0.15, -0.1) is 0 Å². The summed E-state index contributed by atoms with van der Waals surface area (Å²) in [6, 6.07) is 5.12. The van der Waals surface area contributed by atoms with Crippen molar-refractivity contribution in [2.24, 2.45) is 0 Å². The second kappa shape index (κ2) is 5.87. The molecule has 0 amide bonds. The largest absolute Gasteiger partial charge is 0.493 e. The van der Waals surface area contributed by atoms with Crippen LogP contribution in [0.25, 0.3) is 0 Å². The third-order valence-electron chi connectivity index (χ3n) is 3.07. The Morgan fingerprint density at radius 3 is 2.83 bits per heavy atom. The van der Waals surface area contributed by atoms with E-state index in [1.165, 1.54) is 0 Å². The van der Waals surface area contributed by atoms with Gasteiger partial charge in [0, 0.05) is 5.56 Å². The number of methoxy groups -OCH3 is 1. The highest BCUT2D eigenvalue weighted by atomic mass is 16.6. The lowest BCUT2D eigenvalue weighted by Crippen LogP contribution is -2.18. The Hall–Kier alpha value is -1.55. The number of carbonyl (C=O) groups is 1. The maximum absolute atomic E-state index is 10.7. The summed E-state index contributed by atoms with van der Waals surface area (Å²) in [5, 5.41) is 0. The lowest BCUT2D eigenvalue weighted by molar-refractivity contribution is 0.0259. The van der Waals surface area contributed by atoms with E-state index < -0.39 is 0 Å². The van der Waals surface area contributed by atoms with Crippen LogP contribution in [-0.4, -0.2) is 32.2 Å². The van der Waals surface area contributed by atoms with Gasteiger partial charge in [0.1, 0.15) is 12.9 Å². The Balaban J connectivity index is 2.00. The maximum atomic E-state index is 10.7. The summed E-state index contributed by atoms with van der Waals surface area (Å²) >= 11 is 0. The van der Waals surface area contributed by atoms with Crippen LogP contribution in [-0.2, 0) is 4.74 Å². The molecular formula is C14H18O4. The van der Waals surface area contributed by atoms with Crippen LogP contribution in [0.2, 0.25) is 0 Å². The summed E-state index contributed by atoms with van der Waals surface area (Å²) in [5.41, 5.74) is 0.575. The minimum absolute atomic E-state index is 0.129. The second-order valence-electron chi connectivity index (χ2n) is 4.49. The normalized spacial score (nSPS) is 22.8. The monoisotopic (exact) mass is 250 g/mol. The molecule has 0 N–H and O–H groups in total. The number of aldehydes is 1. The molecule has 4 nitrogen and oxygen atoms in total. The summed E-state index contributed by atoms with van der Waals surface area (Å²) in [5.74, 6) is 1.22. The standard InChI is InChI=1S/C14H18O4/c1-10-3-5-12(18-10)9-17-14-7-11(8-15)4-6-13(14)16-2/h4,6-8,10,12H,3,5,9H2,1-2H3. The average Bonchev–Trinajstić information content (AvgIpc) is 2.81. The molecule has 1 aromatic rings. The number of benzene rings is 1. The number of hydrogen-bond donors (Lipinski definition) is 0. The third-order valence-corrected chi connectivity index (χ3v) is 3.07. The van der Waals surface area contributed by atoms with Crippen LogP contribution in [0.1, 0.15) is 30.1 Å². The molecule has 1 fully saturated rings. The lowest BCUT2D eigenvalue weighted by Gasteiger charge is -2.15. The van der Waals surface area contributed by atoms with Gasteiger partial charge in [0.05, 0.1) is 19.3 Å². The molecule has 1 saturated heterocycles. The Labute approximate surface area is 107 Å². The third kappa shape index (κ3) is 3.01. The predicted molar refractivity (Wildman–Crippen MR) is 67.4 cm³/mol. The first-order valence-corrected chi connectivity index (χ1v) is 6.14. The molecule has 0 aliphatic carbocycles. The summed E-state index contributed by atoms with van der Waals surface area (Å²) in [6.45, 7) is 2.55.